The molecule has 0 aliphatic carbocycles. The Labute approximate surface area is 89.0 Å². The Bertz CT molecular complexity index is 417. The van der Waals surface area contributed by atoms with E-state index in [-0.39, 0.29) is 11.2 Å². The molecule has 0 unspecified atom stereocenters. The van der Waals surface area contributed by atoms with Crippen molar-refractivity contribution in [3.05, 3.63) is 32.6 Å². The number of rotatable bonds is 5. The topological polar surface area (TPSA) is 54.9 Å². The molecule has 1 N–H and O–H groups in total. The SMILES string of the molecule is CCCCCCn1c(C)cc(=O)[nH]c1=O. The first-order chi connectivity index (χ1) is 7.15. The van der Waals surface area contributed by atoms with Gasteiger partial charge in [0.2, 0.25) is 0 Å². The highest BCUT2D eigenvalue weighted by Gasteiger charge is 2.00. The summed E-state index contributed by atoms with van der Waals surface area (Å²) < 4.78 is 1.62. The van der Waals surface area contributed by atoms with Gasteiger partial charge in [-0.2, -0.15) is 0 Å². The van der Waals surface area contributed by atoms with Crippen LogP contribution in [-0.2, 0) is 6.54 Å². The average molecular weight is 210 g/mol. The fourth-order valence-electron chi connectivity index (χ4n) is 1.61. The van der Waals surface area contributed by atoms with Crippen LogP contribution in [0.2, 0.25) is 0 Å². The number of aryl methyl sites for hydroxylation is 1. The lowest BCUT2D eigenvalue weighted by Crippen LogP contribution is -2.31. The van der Waals surface area contributed by atoms with Gasteiger partial charge in [-0.25, -0.2) is 4.79 Å². The van der Waals surface area contributed by atoms with Gasteiger partial charge in [0.25, 0.3) is 5.56 Å². The molecule has 15 heavy (non-hydrogen) atoms. The van der Waals surface area contributed by atoms with E-state index >= 15 is 0 Å². The minimum atomic E-state index is -0.317. The van der Waals surface area contributed by atoms with Crippen molar-refractivity contribution in [1.29, 1.82) is 0 Å². The van der Waals surface area contributed by atoms with Crippen LogP contribution in [0.15, 0.2) is 15.7 Å². The van der Waals surface area contributed by atoms with Gasteiger partial charge in [0.1, 0.15) is 0 Å². The van der Waals surface area contributed by atoms with Crippen molar-refractivity contribution in [3.63, 3.8) is 0 Å². The fraction of sp³-hybridized carbons (Fsp3) is 0.636. The number of hydrogen-bond acceptors (Lipinski definition) is 2. The molecule has 1 aromatic heterocycles. The van der Waals surface area contributed by atoms with Crippen molar-refractivity contribution in [3.8, 4) is 0 Å². The van der Waals surface area contributed by atoms with Gasteiger partial charge in [-0.3, -0.25) is 14.3 Å². The lowest BCUT2D eigenvalue weighted by atomic mass is 10.2. The summed E-state index contributed by atoms with van der Waals surface area (Å²) in [6, 6.07) is 1.46. The minimum absolute atomic E-state index is 0.295. The summed E-state index contributed by atoms with van der Waals surface area (Å²) in [5.41, 5.74) is 0.124. The Balaban J connectivity index is 2.69. The molecule has 0 aliphatic heterocycles. The normalized spacial score (nSPS) is 10.5. The Morgan fingerprint density at radius 2 is 2.00 bits per heavy atom. The van der Waals surface area contributed by atoms with Crippen LogP contribution >= 0.6 is 0 Å². The minimum Gasteiger partial charge on any atom is -0.298 e. The number of unbranched alkanes of at least 4 members (excludes halogenated alkanes) is 3. The van der Waals surface area contributed by atoms with Gasteiger partial charge in [0.05, 0.1) is 0 Å². The second kappa shape index (κ2) is 5.53. The van der Waals surface area contributed by atoms with Crippen LogP contribution in [-0.4, -0.2) is 9.55 Å². The zero-order chi connectivity index (χ0) is 11.3. The summed E-state index contributed by atoms with van der Waals surface area (Å²) in [4.78, 5) is 24.7. The van der Waals surface area contributed by atoms with Gasteiger partial charge >= 0.3 is 5.69 Å². The molecular weight excluding hydrogens is 192 g/mol. The molecule has 4 heteroatoms. The number of aromatic nitrogens is 2. The molecule has 0 saturated heterocycles. The molecule has 0 aliphatic rings. The summed E-state index contributed by atoms with van der Waals surface area (Å²) in [6.45, 7) is 4.63. The van der Waals surface area contributed by atoms with Crippen LogP contribution in [0.1, 0.15) is 38.3 Å². The maximum atomic E-state index is 11.4. The van der Waals surface area contributed by atoms with E-state index in [2.05, 4.69) is 11.9 Å². The van der Waals surface area contributed by atoms with E-state index in [9.17, 15) is 9.59 Å². The lowest BCUT2D eigenvalue weighted by Gasteiger charge is -2.07. The summed E-state index contributed by atoms with van der Waals surface area (Å²) in [5, 5.41) is 0. The van der Waals surface area contributed by atoms with Crippen molar-refractivity contribution < 1.29 is 0 Å². The van der Waals surface area contributed by atoms with Crippen molar-refractivity contribution in [2.45, 2.75) is 46.1 Å². The zero-order valence-corrected chi connectivity index (χ0v) is 9.38. The Morgan fingerprint density at radius 3 is 2.60 bits per heavy atom. The maximum absolute atomic E-state index is 11.4. The van der Waals surface area contributed by atoms with Crippen LogP contribution < -0.4 is 11.2 Å². The first-order valence-electron chi connectivity index (χ1n) is 5.46. The van der Waals surface area contributed by atoms with E-state index in [1.807, 2.05) is 0 Å². The molecule has 84 valence electrons. The van der Waals surface area contributed by atoms with E-state index < -0.39 is 0 Å². The zero-order valence-electron chi connectivity index (χ0n) is 9.38. The van der Waals surface area contributed by atoms with E-state index in [0.29, 0.717) is 6.54 Å². The van der Waals surface area contributed by atoms with Crippen LogP contribution in [0, 0.1) is 6.92 Å². The van der Waals surface area contributed by atoms with Gasteiger partial charge in [-0.1, -0.05) is 26.2 Å². The predicted octanol–water partition coefficient (Wildman–Crippen LogP) is 1.43. The molecule has 0 aromatic carbocycles. The highest BCUT2D eigenvalue weighted by molar-refractivity contribution is 4.98. The molecular formula is C11H18N2O2. The van der Waals surface area contributed by atoms with Gasteiger partial charge in [0, 0.05) is 18.3 Å². The van der Waals surface area contributed by atoms with Gasteiger partial charge < -0.3 is 0 Å². The van der Waals surface area contributed by atoms with Gasteiger partial charge in [0.15, 0.2) is 0 Å². The third kappa shape index (κ3) is 3.38. The molecule has 0 radical (unpaired) electrons. The highest BCUT2D eigenvalue weighted by atomic mass is 16.2. The summed E-state index contributed by atoms with van der Waals surface area (Å²) in [7, 11) is 0. The van der Waals surface area contributed by atoms with Gasteiger partial charge in [-0.05, 0) is 13.3 Å². The molecule has 0 bridgehead atoms. The molecule has 0 atom stereocenters. The number of H-pyrrole nitrogens is 1. The third-order valence-electron chi connectivity index (χ3n) is 2.48. The Morgan fingerprint density at radius 1 is 1.27 bits per heavy atom. The van der Waals surface area contributed by atoms with Crippen LogP contribution in [0.5, 0.6) is 0 Å². The first kappa shape index (κ1) is 11.8. The quantitative estimate of drug-likeness (QED) is 0.747. The van der Waals surface area contributed by atoms with Crippen LogP contribution in [0.3, 0.4) is 0 Å². The van der Waals surface area contributed by atoms with Crippen molar-refractivity contribution in [2.24, 2.45) is 0 Å². The summed E-state index contributed by atoms with van der Waals surface area (Å²) in [5.74, 6) is 0. The predicted molar refractivity (Wildman–Crippen MR) is 60.2 cm³/mol. The fourth-order valence-corrected chi connectivity index (χ4v) is 1.61. The third-order valence-corrected chi connectivity index (χ3v) is 2.48. The monoisotopic (exact) mass is 210 g/mol. The van der Waals surface area contributed by atoms with Crippen molar-refractivity contribution >= 4 is 0 Å². The van der Waals surface area contributed by atoms with Crippen molar-refractivity contribution in [1.82, 2.24) is 9.55 Å². The highest BCUT2D eigenvalue weighted by Crippen LogP contribution is 2.01. The molecule has 0 amide bonds. The van der Waals surface area contributed by atoms with E-state index in [0.717, 1.165) is 18.5 Å². The molecule has 0 spiro atoms. The number of hydrogen-bond donors (Lipinski definition) is 1. The van der Waals surface area contributed by atoms with Crippen LogP contribution in [0.25, 0.3) is 0 Å². The summed E-state index contributed by atoms with van der Waals surface area (Å²) in [6.07, 6.45) is 4.48. The standard InChI is InChI=1S/C11H18N2O2/c1-3-4-5-6-7-13-9(2)8-10(14)12-11(13)15/h8H,3-7H2,1-2H3,(H,12,14,15). The second-order valence-electron chi connectivity index (χ2n) is 3.79. The molecule has 1 rings (SSSR count). The first-order valence-corrected chi connectivity index (χ1v) is 5.46. The summed E-state index contributed by atoms with van der Waals surface area (Å²) >= 11 is 0. The maximum Gasteiger partial charge on any atom is 0.328 e. The Hall–Kier alpha value is -1.32. The lowest BCUT2D eigenvalue weighted by molar-refractivity contribution is 0.550. The molecule has 4 nitrogen and oxygen atoms in total. The van der Waals surface area contributed by atoms with Crippen LogP contribution in [0.4, 0.5) is 0 Å². The second-order valence-corrected chi connectivity index (χ2v) is 3.79. The van der Waals surface area contributed by atoms with Gasteiger partial charge in [-0.15, -0.1) is 0 Å². The van der Waals surface area contributed by atoms with E-state index in [4.69, 9.17) is 0 Å². The smallest absolute Gasteiger partial charge is 0.298 e. The molecule has 0 fully saturated rings. The van der Waals surface area contributed by atoms with Crippen molar-refractivity contribution in [2.75, 3.05) is 0 Å². The average Bonchev–Trinajstić information content (AvgIpc) is 2.15. The van der Waals surface area contributed by atoms with E-state index in [1.165, 1.54) is 18.9 Å². The number of nitrogens with zero attached hydrogens (tertiary/aromatic N) is 1. The molecule has 1 aromatic rings. The largest absolute Gasteiger partial charge is 0.328 e. The van der Waals surface area contributed by atoms with E-state index in [1.54, 1.807) is 11.5 Å². The molecule has 1 heterocycles. The molecule has 0 saturated carbocycles. The number of aromatic amines is 1. The number of nitrogens with one attached hydrogen (secondary N) is 1. The Kier molecular flexibility index (Phi) is 4.34.